The average molecular weight is 320 g/mol. The van der Waals surface area contributed by atoms with Gasteiger partial charge in [0.2, 0.25) is 0 Å². The Morgan fingerprint density at radius 3 is 2.92 bits per heavy atom. The van der Waals surface area contributed by atoms with Gasteiger partial charge in [-0.05, 0) is 44.5 Å². The fourth-order valence-corrected chi connectivity index (χ4v) is 3.58. The monoisotopic (exact) mass is 320 g/mol. The fourth-order valence-electron chi connectivity index (χ4n) is 3.58. The number of hydrogen-bond acceptors (Lipinski definition) is 3. The number of nitrogens with zero attached hydrogens (tertiary/aromatic N) is 4. The Balaban J connectivity index is 1.60. The third kappa shape index (κ3) is 2.46. The van der Waals surface area contributed by atoms with E-state index in [0.717, 1.165) is 41.1 Å². The molecule has 1 aromatic carbocycles. The van der Waals surface area contributed by atoms with E-state index in [4.69, 9.17) is 0 Å². The second kappa shape index (κ2) is 5.74. The summed E-state index contributed by atoms with van der Waals surface area (Å²) < 4.78 is 2.18. The van der Waals surface area contributed by atoms with Crippen LogP contribution in [0.5, 0.6) is 0 Å². The number of benzene rings is 1. The molecule has 5 heteroatoms. The first-order chi connectivity index (χ1) is 11.6. The summed E-state index contributed by atoms with van der Waals surface area (Å²) in [6.45, 7) is 5.49. The number of pyridine rings is 1. The maximum atomic E-state index is 12.7. The molecule has 0 aliphatic carbocycles. The maximum Gasteiger partial charge on any atom is 0.253 e. The van der Waals surface area contributed by atoms with Crippen LogP contribution in [0.15, 0.2) is 42.6 Å². The number of carbonyl (C=O) groups is 1. The largest absolute Gasteiger partial charge is 0.336 e. The van der Waals surface area contributed by atoms with Crippen molar-refractivity contribution in [2.24, 2.45) is 0 Å². The number of imidazole rings is 1. The van der Waals surface area contributed by atoms with E-state index in [1.54, 1.807) is 6.20 Å². The number of aromatic nitrogens is 3. The van der Waals surface area contributed by atoms with Gasteiger partial charge in [0.25, 0.3) is 5.91 Å². The summed E-state index contributed by atoms with van der Waals surface area (Å²) in [6, 6.07) is 11.9. The average Bonchev–Trinajstić information content (AvgIpc) is 3.17. The standard InChI is InChI=1S/C19H20N4O/c1-13-5-3-6-15(11-13)19(24)22-10-8-16(12-22)23-14(2)21-17-7-4-9-20-18(17)23/h3-7,9,11,16H,8,10,12H2,1-2H3. The molecule has 0 N–H and O–H groups in total. The molecule has 3 heterocycles. The topological polar surface area (TPSA) is 51.0 Å². The lowest BCUT2D eigenvalue weighted by atomic mass is 10.1. The molecule has 1 amide bonds. The molecular weight excluding hydrogens is 300 g/mol. The molecular formula is C19H20N4O. The van der Waals surface area contributed by atoms with Gasteiger partial charge in [-0.15, -0.1) is 0 Å². The molecule has 0 spiro atoms. The Morgan fingerprint density at radius 2 is 2.08 bits per heavy atom. The summed E-state index contributed by atoms with van der Waals surface area (Å²) in [6.07, 6.45) is 2.73. The van der Waals surface area contributed by atoms with Crippen LogP contribution >= 0.6 is 0 Å². The first-order valence-corrected chi connectivity index (χ1v) is 8.29. The van der Waals surface area contributed by atoms with Gasteiger partial charge in [0.05, 0.1) is 6.04 Å². The smallest absolute Gasteiger partial charge is 0.253 e. The number of carbonyl (C=O) groups excluding carboxylic acids is 1. The third-order valence-corrected chi connectivity index (χ3v) is 4.71. The summed E-state index contributed by atoms with van der Waals surface area (Å²) in [5.74, 6) is 1.06. The zero-order valence-electron chi connectivity index (χ0n) is 13.9. The second-order valence-corrected chi connectivity index (χ2v) is 6.44. The summed E-state index contributed by atoms with van der Waals surface area (Å²) in [4.78, 5) is 23.8. The minimum absolute atomic E-state index is 0.108. The molecule has 1 unspecified atom stereocenters. The van der Waals surface area contributed by atoms with Crippen molar-refractivity contribution in [1.82, 2.24) is 19.4 Å². The van der Waals surface area contributed by atoms with E-state index in [2.05, 4.69) is 14.5 Å². The van der Waals surface area contributed by atoms with Gasteiger partial charge in [-0.3, -0.25) is 4.79 Å². The van der Waals surface area contributed by atoms with Crippen LogP contribution in [0.4, 0.5) is 0 Å². The van der Waals surface area contributed by atoms with Crippen LogP contribution in [0, 0.1) is 13.8 Å². The zero-order valence-corrected chi connectivity index (χ0v) is 13.9. The zero-order chi connectivity index (χ0) is 16.7. The van der Waals surface area contributed by atoms with Gasteiger partial charge in [-0.1, -0.05) is 17.7 Å². The second-order valence-electron chi connectivity index (χ2n) is 6.44. The first-order valence-electron chi connectivity index (χ1n) is 8.29. The van der Waals surface area contributed by atoms with Crippen LogP contribution in [0.2, 0.25) is 0 Å². The number of fused-ring (bicyclic) bond motifs is 1. The van der Waals surface area contributed by atoms with E-state index < -0.39 is 0 Å². The van der Waals surface area contributed by atoms with Crippen molar-refractivity contribution in [2.75, 3.05) is 13.1 Å². The van der Waals surface area contributed by atoms with Gasteiger partial charge >= 0.3 is 0 Å². The SMILES string of the molecule is Cc1cccc(C(=O)N2CCC(n3c(C)nc4cccnc43)C2)c1. The van der Waals surface area contributed by atoms with Crippen LogP contribution in [0.25, 0.3) is 11.2 Å². The van der Waals surface area contributed by atoms with E-state index >= 15 is 0 Å². The van der Waals surface area contributed by atoms with Gasteiger partial charge in [0, 0.05) is 24.8 Å². The lowest BCUT2D eigenvalue weighted by molar-refractivity contribution is 0.0787. The van der Waals surface area contributed by atoms with Crippen molar-refractivity contribution >= 4 is 17.1 Å². The minimum Gasteiger partial charge on any atom is -0.336 e. The Hall–Kier alpha value is -2.69. The molecule has 1 aliphatic heterocycles. The molecule has 1 saturated heterocycles. The van der Waals surface area contributed by atoms with Crippen molar-refractivity contribution in [1.29, 1.82) is 0 Å². The predicted molar refractivity (Wildman–Crippen MR) is 93.0 cm³/mol. The first kappa shape index (κ1) is 14.9. The highest BCUT2D eigenvalue weighted by molar-refractivity contribution is 5.94. The molecule has 4 rings (SSSR count). The number of rotatable bonds is 2. The molecule has 5 nitrogen and oxygen atoms in total. The van der Waals surface area contributed by atoms with Crippen LogP contribution in [0.1, 0.15) is 34.2 Å². The Labute approximate surface area is 140 Å². The molecule has 1 aliphatic rings. The van der Waals surface area contributed by atoms with Gasteiger partial charge < -0.3 is 9.47 Å². The van der Waals surface area contributed by atoms with Crippen LogP contribution in [-0.4, -0.2) is 38.4 Å². The van der Waals surface area contributed by atoms with Crippen LogP contribution < -0.4 is 0 Å². The molecule has 3 aromatic rings. The summed E-state index contributed by atoms with van der Waals surface area (Å²) in [5.41, 5.74) is 3.70. The summed E-state index contributed by atoms with van der Waals surface area (Å²) in [5, 5.41) is 0. The van der Waals surface area contributed by atoms with Crippen molar-refractivity contribution in [3.63, 3.8) is 0 Å². The Morgan fingerprint density at radius 1 is 1.21 bits per heavy atom. The molecule has 0 saturated carbocycles. The Kier molecular flexibility index (Phi) is 3.56. The molecule has 0 radical (unpaired) electrons. The summed E-state index contributed by atoms with van der Waals surface area (Å²) in [7, 11) is 0. The van der Waals surface area contributed by atoms with Crippen LogP contribution in [0.3, 0.4) is 0 Å². The van der Waals surface area contributed by atoms with E-state index in [1.165, 1.54) is 0 Å². The molecule has 1 fully saturated rings. The Bertz CT molecular complexity index is 915. The molecule has 1 atom stereocenters. The third-order valence-electron chi connectivity index (χ3n) is 4.71. The minimum atomic E-state index is 0.108. The van der Waals surface area contributed by atoms with Crippen molar-refractivity contribution < 1.29 is 4.79 Å². The van der Waals surface area contributed by atoms with Crippen molar-refractivity contribution in [3.8, 4) is 0 Å². The molecule has 0 bridgehead atoms. The highest BCUT2D eigenvalue weighted by atomic mass is 16.2. The predicted octanol–water partition coefficient (Wildman–Crippen LogP) is 3.14. The quantitative estimate of drug-likeness (QED) is 0.729. The number of likely N-dealkylation sites (tertiary alicyclic amines) is 1. The van der Waals surface area contributed by atoms with E-state index in [1.807, 2.05) is 55.1 Å². The summed E-state index contributed by atoms with van der Waals surface area (Å²) >= 11 is 0. The van der Waals surface area contributed by atoms with Crippen molar-refractivity contribution in [2.45, 2.75) is 26.3 Å². The molecule has 122 valence electrons. The van der Waals surface area contributed by atoms with E-state index in [9.17, 15) is 4.79 Å². The van der Waals surface area contributed by atoms with Gasteiger partial charge in [-0.25, -0.2) is 9.97 Å². The number of aryl methyl sites for hydroxylation is 2. The number of hydrogen-bond donors (Lipinski definition) is 0. The molecule has 2 aromatic heterocycles. The maximum absolute atomic E-state index is 12.7. The van der Waals surface area contributed by atoms with Gasteiger partial charge in [-0.2, -0.15) is 0 Å². The van der Waals surface area contributed by atoms with E-state index in [0.29, 0.717) is 6.54 Å². The normalized spacial score (nSPS) is 17.6. The van der Waals surface area contributed by atoms with Gasteiger partial charge in [0.15, 0.2) is 5.65 Å². The van der Waals surface area contributed by atoms with Crippen LogP contribution in [-0.2, 0) is 0 Å². The molecule has 24 heavy (non-hydrogen) atoms. The lowest BCUT2D eigenvalue weighted by Crippen LogP contribution is -2.29. The highest BCUT2D eigenvalue weighted by Crippen LogP contribution is 2.28. The highest BCUT2D eigenvalue weighted by Gasteiger charge is 2.30. The van der Waals surface area contributed by atoms with Crippen molar-refractivity contribution in [3.05, 3.63) is 59.5 Å². The van der Waals surface area contributed by atoms with E-state index in [-0.39, 0.29) is 11.9 Å². The lowest BCUT2D eigenvalue weighted by Gasteiger charge is -2.18. The number of amides is 1. The van der Waals surface area contributed by atoms with Gasteiger partial charge in [0.1, 0.15) is 11.3 Å². The fraction of sp³-hybridized carbons (Fsp3) is 0.316.